The molecule has 0 spiro atoms. The summed E-state index contributed by atoms with van der Waals surface area (Å²) in [6.07, 6.45) is 2.15. The first-order chi connectivity index (χ1) is 9.22. The average molecular weight is 284 g/mol. The van der Waals surface area contributed by atoms with Crippen molar-refractivity contribution < 1.29 is 9.53 Å². The molecule has 1 rings (SSSR count). The Morgan fingerprint density at radius 2 is 2.21 bits per heavy atom. The Bertz CT molecular complexity index is 382. The van der Waals surface area contributed by atoms with Gasteiger partial charge in [0.1, 0.15) is 0 Å². The summed E-state index contributed by atoms with van der Waals surface area (Å²) in [7, 11) is 0. The van der Waals surface area contributed by atoms with Crippen molar-refractivity contribution in [1.82, 2.24) is 5.32 Å². The zero-order valence-corrected chi connectivity index (χ0v) is 12.2. The lowest BCUT2D eigenvalue weighted by Crippen LogP contribution is -2.25. The fourth-order valence-corrected chi connectivity index (χ4v) is 1.88. The number of carbonyl (C=O) groups excluding carboxylic acids is 1. The van der Waals surface area contributed by atoms with E-state index in [2.05, 4.69) is 30.4 Å². The highest BCUT2D eigenvalue weighted by Crippen LogP contribution is 2.06. The van der Waals surface area contributed by atoms with Gasteiger partial charge in [0.25, 0.3) is 0 Å². The number of rotatable bonds is 9. The van der Waals surface area contributed by atoms with Crippen molar-refractivity contribution in [3.63, 3.8) is 0 Å². The van der Waals surface area contributed by atoms with Crippen LogP contribution in [0.1, 0.15) is 24.0 Å². The van der Waals surface area contributed by atoms with E-state index in [1.54, 1.807) is 0 Å². The maximum atomic E-state index is 11.6. The molecule has 106 valence electrons. The van der Waals surface area contributed by atoms with Gasteiger partial charge in [0.2, 0.25) is 5.91 Å². The highest BCUT2D eigenvalue weighted by Gasteiger charge is 2.01. The maximum absolute atomic E-state index is 11.6. The molecule has 0 aromatic heterocycles. The highest BCUT2D eigenvalue weighted by molar-refractivity contribution is 6.17. The van der Waals surface area contributed by atoms with Crippen molar-refractivity contribution in [2.45, 2.75) is 26.2 Å². The van der Waals surface area contributed by atoms with Gasteiger partial charge in [-0.25, -0.2) is 0 Å². The summed E-state index contributed by atoms with van der Waals surface area (Å²) in [6.45, 7) is 3.94. The summed E-state index contributed by atoms with van der Waals surface area (Å²) in [5.41, 5.74) is 2.44. The number of aryl methyl sites for hydroxylation is 2. The summed E-state index contributed by atoms with van der Waals surface area (Å²) in [5, 5.41) is 2.89. The smallest absolute Gasteiger partial charge is 0.220 e. The third kappa shape index (κ3) is 7.85. The Kier molecular flexibility index (Phi) is 8.26. The Morgan fingerprint density at radius 3 is 2.95 bits per heavy atom. The third-order valence-electron chi connectivity index (χ3n) is 2.73. The van der Waals surface area contributed by atoms with E-state index in [-0.39, 0.29) is 5.91 Å². The second-order valence-corrected chi connectivity index (χ2v) is 4.87. The van der Waals surface area contributed by atoms with Crippen molar-refractivity contribution in [2.24, 2.45) is 0 Å². The lowest BCUT2D eigenvalue weighted by Gasteiger charge is -2.06. The Hall–Kier alpha value is -1.06. The predicted molar refractivity (Wildman–Crippen MR) is 78.7 cm³/mol. The monoisotopic (exact) mass is 283 g/mol. The molecular weight excluding hydrogens is 262 g/mol. The van der Waals surface area contributed by atoms with Gasteiger partial charge in [-0.05, 0) is 25.3 Å². The van der Waals surface area contributed by atoms with Gasteiger partial charge in [0.15, 0.2) is 0 Å². The van der Waals surface area contributed by atoms with Gasteiger partial charge in [-0.15, -0.1) is 11.6 Å². The molecule has 0 fully saturated rings. The molecule has 0 heterocycles. The molecule has 0 saturated carbocycles. The van der Waals surface area contributed by atoms with Crippen LogP contribution in [0.2, 0.25) is 0 Å². The summed E-state index contributed by atoms with van der Waals surface area (Å²) >= 11 is 5.48. The van der Waals surface area contributed by atoms with Gasteiger partial charge in [-0.2, -0.15) is 0 Å². The van der Waals surface area contributed by atoms with Crippen LogP contribution in [0.3, 0.4) is 0 Å². The Balaban J connectivity index is 2.08. The Labute approximate surface area is 120 Å². The van der Waals surface area contributed by atoms with Crippen molar-refractivity contribution in [3.05, 3.63) is 35.4 Å². The van der Waals surface area contributed by atoms with Crippen LogP contribution in [-0.2, 0) is 16.0 Å². The van der Waals surface area contributed by atoms with E-state index in [4.69, 9.17) is 16.3 Å². The van der Waals surface area contributed by atoms with Gasteiger partial charge >= 0.3 is 0 Å². The molecule has 4 heteroatoms. The van der Waals surface area contributed by atoms with E-state index in [0.29, 0.717) is 32.1 Å². The fraction of sp³-hybridized carbons (Fsp3) is 0.533. The number of nitrogens with one attached hydrogen (secondary N) is 1. The number of benzene rings is 1. The standard InChI is InChI=1S/C15H22ClNO2/c1-13-4-2-5-14(12-13)6-7-15(18)17-9-3-10-19-11-8-16/h2,4-5,12H,3,6-11H2,1H3,(H,17,18). The van der Waals surface area contributed by atoms with Crippen LogP contribution in [0.5, 0.6) is 0 Å². The minimum Gasteiger partial charge on any atom is -0.380 e. The van der Waals surface area contributed by atoms with Gasteiger partial charge in [-0.1, -0.05) is 29.8 Å². The first-order valence-electron chi connectivity index (χ1n) is 6.68. The lowest BCUT2D eigenvalue weighted by atomic mass is 10.1. The van der Waals surface area contributed by atoms with Crippen LogP contribution in [0, 0.1) is 6.92 Å². The van der Waals surface area contributed by atoms with Gasteiger partial charge in [0, 0.05) is 25.5 Å². The van der Waals surface area contributed by atoms with E-state index in [0.717, 1.165) is 12.8 Å². The molecule has 3 nitrogen and oxygen atoms in total. The molecule has 0 aliphatic rings. The molecule has 1 aromatic rings. The summed E-state index contributed by atoms with van der Waals surface area (Å²) in [6, 6.07) is 8.26. The number of amides is 1. The van der Waals surface area contributed by atoms with Crippen LogP contribution < -0.4 is 5.32 Å². The average Bonchev–Trinajstić information content (AvgIpc) is 2.40. The molecule has 1 amide bonds. The molecule has 0 aliphatic carbocycles. The molecule has 0 radical (unpaired) electrons. The number of hydrogen-bond acceptors (Lipinski definition) is 2. The fourth-order valence-electron chi connectivity index (χ4n) is 1.77. The van der Waals surface area contributed by atoms with Crippen LogP contribution >= 0.6 is 11.6 Å². The van der Waals surface area contributed by atoms with Crippen molar-refractivity contribution in [1.29, 1.82) is 0 Å². The quantitative estimate of drug-likeness (QED) is 0.559. The predicted octanol–water partition coefficient (Wildman–Crippen LogP) is 2.69. The summed E-state index contributed by atoms with van der Waals surface area (Å²) < 4.78 is 5.22. The Morgan fingerprint density at radius 1 is 1.37 bits per heavy atom. The number of halogens is 1. The molecule has 0 atom stereocenters. The second-order valence-electron chi connectivity index (χ2n) is 4.49. The van der Waals surface area contributed by atoms with Gasteiger partial charge in [-0.3, -0.25) is 4.79 Å². The number of hydrogen-bond donors (Lipinski definition) is 1. The van der Waals surface area contributed by atoms with Crippen LogP contribution in [0.4, 0.5) is 0 Å². The maximum Gasteiger partial charge on any atom is 0.220 e. The minimum atomic E-state index is 0.0962. The van der Waals surface area contributed by atoms with Crippen molar-refractivity contribution in [2.75, 3.05) is 25.6 Å². The van der Waals surface area contributed by atoms with E-state index in [1.807, 2.05) is 6.07 Å². The largest absolute Gasteiger partial charge is 0.380 e. The zero-order chi connectivity index (χ0) is 13.9. The molecule has 0 saturated heterocycles. The van der Waals surface area contributed by atoms with E-state index >= 15 is 0 Å². The number of alkyl halides is 1. The van der Waals surface area contributed by atoms with Crippen LogP contribution in [-0.4, -0.2) is 31.5 Å². The molecule has 0 unspecified atom stereocenters. The highest BCUT2D eigenvalue weighted by atomic mass is 35.5. The normalized spacial score (nSPS) is 10.4. The topological polar surface area (TPSA) is 38.3 Å². The zero-order valence-electron chi connectivity index (χ0n) is 11.5. The summed E-state index contributed by atoms with van der Waals surface area (Å²) in [5.74, 6) is 0.613. The van der Waals surface area contributed by atoms with E-state index < -0.39 is 0 Å². The molecular formula is C15H22ClNO2. The molecule has 19 heavy (non-hydrogen) atoms. The molecule has 1 N–H and O–H groups in total. The first kappa shape index (κ1) is 16.0. The molecule has 0 bridgehead atoms. The van der Waals surface area contributed by atoms with Crippen molar-refractivity contribution in [3.8, 4) is 0 Å². The summed E-state index contributed by atoms with van der Waals surface area (Å²) in [4.78, 5) is 11.6. The second kappa shape index (κ2) is 9.82. The third-order valence-corrected chi connectivity index (χ3v) is 2.89. The lowest BCUT2D eigenvalue weighted by molar-refractivity contribution is -0.121. The number of ether oxygens (including phenoxy) is 1. The number of carbonyl (C=O) groups is 1. The molecule has 0 aliphatic heterocycles. The van der Waals surface area contributed by atoms with Gasteiger partial charge < -0.3 is 10.1 Å². The van der Waals surface area contributed by atoms with Crippen molar-refractivity contribution >= 4 is 17.5 Å². The van der Waals surface area contributed by atoms with E-state index in [9.17, 15) is 4.79 Å². The molecule has 1 aromatic carbocycles. The van der Waals surface area contributed by atoms with E-state index in [1.165, 1.54) is 11.1 Å². The van der Waals surface area contributed by atoms with Crippen LogP contribution in [0.15, 0.2) is 24.3 Å². The minimum absolute atomic E-state index is 0.0962. The van der Waals surface area contributed by atoms with Crippen LogP contribution in [0.25, 0.3) is 0 Å². The first-order valence-corrected chi connectivity index (χ1v) is 7.22. The SMILES string of the molecule is Cc1cccc(CCC(=O)NCCCOCCCl)c1. The van der Waals surface area contributed by atoms with Gasteiger partial charge in [0.05, 0.1) is 6.61 Å².